The van der Waals surface area contributed by atoms with Crippen molar-refractivity contribution in [2.24, 2.45) is 0 Å². The lowest BCUT2D eigenvalue weighted by molar-refractivity contribution is 0.535. The van der Waals surface area contributed by atoms with Crippen molar-refractivity contribution < 1.29 is 0 Å². The van der Waals surface area contributed by atoms with Gasteiger partial charge in [-0.1, -0.05) is 36.6 Å². The van der Waals surface area contributed by atoms with E-state index in [0.717, 1.165) is 6.54 Å². The highest BCUT2D eigenvalue weighted by Crippen LogP contribution is 2.18. The van der Waals surface area contributed by atoms with Crippen LogP contribution in [0, 0.1) is 13.8 Å². The lowest BCUT2D eigenvalue weighted by atomic mass is 10.0. The molecule has 0 aliphatic heterocycles. The fraction of sp³-hybridized carbons (Fsp3) is 0.647. The smallest absolute Gasteiger partial charge is 0.0294 e. The molecule has 0 spiro atoms. The van der Waals surface area contributed by atoms with E-state index in [4.69, 9.17) is 0 Å². The van der Waals surface area contributed by atoms with Gasteiger partial charge in [-0.25, -0.2) is 0 Å². The van der Waals surface area contributed by atoms with Crippen LogP contribution in [0.4, 0.5) is 0 Å². The summed E-state index contributed by atoms with van der Waals surface area (Å²) in [5, 5.41) is 3.64. The van der Waals surface area contributed by atoms with Crippen LogP contribution in [0.1, 0.15) is 55.3 Å². The summed E-state index contributed by atoms with van der Waals surface area (Å²) in [5.74, 6) is 1.31. The van der Waals surface area contributed by atoms with E-state index in [-0.39, 0.29) is 0 Å². The van der Waals surface area contributed by atoms with Crippen molar-refractivity contribution in [2.45, 2.75) is 52.5 Å². The second-order valence-electron chi connectivity index (χ2n) is 5.44. The second-order valence-corrected chi connectivity index (χ2v) is 6.43. The number of aryl methyl sites for hydroxylation is 2. The van der Waals surface area contributed by atoms with Gasteiger partial charge >= 0.3 is 0 Å². The highest BCUT2D eigenvalue weighted by Gasteiger charge is 2.07. The summed E-state index contributed by atoms with van der Waals surface area (Å²) in [6, 6.07) is 7.21. The number of thioether (sulfide) groups is 1. The molecule has 1 unspecified atom stereocenters. The van der Waals surface area contributed by atoms with E-state index >= 15 is 0 Å². The van der Waals surface area contributed by atoms with Gasteiger partial charge in [0.1, 0.15) is 0 Å². The Balaban J connectivity index is 2.22. The Labute approximate surface area is 123 Å². The topological polar surface area (TPSA) is 12.0 Å². The number of hydrogen-bond donors (Lipinski definition) is 1. The minimum Gasteiger partial charge on any atom is -0.310 e. The normalized spacial score (nSPS) is 12.6. The van der Waals surface area contributed by atoms with Gasteiger partial charge in [0.2, 0.25) is 0 Å². The zero-order valence-corrected chi connectivity index (χ0v) is 13.8. The van der Waals surface area contributed by atoms with Crippen LogP contribution < -0.4 is 5.32 Å². The molecule has 0 aliphatic rings. The second kappa shape index (κ2) is 9.44. The van der Waals surface area contributed by atoms with Gasteiger partial charge in [-0.15, -0.1) is 0 Å². The summed E-state index contributed by atoms with van der Waals surface area (Å²) in [4.78, 5) is 0. The molecule has 0 fully saturated rings. The minimum absolute atomic E-state index is 0.465. The van der Waals surface area contributed by atoms with Crippen molar-refractivity contribution in [1.82, 2.24) is 5.32 Å². The summed E-state index contributed by atoms with van der Waals surface area (Å²) in [7, 11) is 0. The highest BCUT2D eigenvalue weighted by atomic mass is 32.2. The summed E-state index contributed by atoms with van der Waals surface area (Å²) in [5.41, 5.74) is 4.19. The highest BCUT2D eigenvalue weighted by molar-refractivity contribution is 7.98. The fourth-order valence-electron chi connectivity index (χ4n) is 2.46. The SMILES string of the molecule is CSCCCCCCNC(C)c1ccc(C)cc1C. The molecule has 1 N–H and O–H groups in total. The molecule has 0 radical (unpaired) electrons. The molecule has 1 aromatic carbocycles. The van der Waals surface area contributed by atoms with Gasteiger partial charge in [0, 0.05) is 6.04 Å². The van der Waals surface area contributed by atoms with Crippen molar-refractivity contribution in [3.63, 3.8) is 0 Å². The molecule has 0 saturated heterocycles. The number of unbranched alkanes of at least 4 members (excludes halogenated alkanes) is 3. The minimum atomic E-state index is 0.465. The molecule has 1 rings (SSSR count). The number of benzene rings is 1. The van der Waals surface area contributed by atoms with Crippen molar-refractivity contribution in [1.29, 1.82) is 0 Å². The van der Waals surface area contributed by atoms with Gasteiger partial charge in [0.25, 0.3) is 0 Å². The molecule has 0 saturated carbocycles. The maximum atomic E-state index is 3.64. The van der Waals surface area contributed by atoms with Crippen molar-refractivity contribution in [3.8, 4) is 0 Å². The third kappa shape index (κ3) is 6.49. The largest absolute Gasteiger partial charge is 0.310 e. The maximum absolute atomic E-state index is 3.64. The van der Waals surface area contributed by atoms with E-state index in [1.54, 1.807) is 0 Å². The first-order valence-corrected chi connectivity index (χ1v) is 8.84. The van der Waals surface area contributed by atoms with E-state index in [1.165, 1.54) is 48.1 Å². The van der Waals surface area contributed by atoms with Crippen LogP contribution in [0.25, 0.3) is 0 Å². The number of rotatable bonds is 9. The zero-order chi connectivity index (χ0) is 14.1. The Morgan fingerprint density at radius 2 is 1.84 bits per heavy atom. The molecule has 2 heteroatoms. The van der Waals surface area contributed by atoms with Crippen molar-refractivity contribution in [2.75, 3.05) is 18.6 Å². The third-order valence-electron chi connectivity index (χ3n) is 3.62. The van der Waals surface area contributed by atoms with Crippen LogP contribution in [0.5, 0.6) is 0 Å². The molecule has 0 heterocycles. The molecular formula is C17H29NS. The molecular weight excluding hydrogens is 250 g/mol. The van der Waals surface area contributed by atoms with E-state index < -0.39 is 0 Å². The van der Waals surface area contributed by atoms with Crippen LogP contribution in [-0.2, 0) is 0 Å². The van der Waals surface area contributed by atoms with Gasteiger partial charge in [-0.2, -0.15) is 11.8 Å². The maximum Gasteiger partial charge on any atom is 0.0294 e. The lowest BCUT2D eigenvalue weighted by Crippen LogP contribution is -2.20. The van der Waals surface area contributed by atoms with E-state index in [9.17, 15) is 0 Å². The fourth-order valence-corrected chi connectivity index (χ4v) is 2.96. The molecule has 0 aromatic heterocycles. The molecule has 19 heavy (non-hydrogen) atoms. The summed E-state index contributed by atoms with van der Waals surface area (Å²) in [6.45, 7) is 7.77. The Kier molecular flexibility index (Phi) is 8.24. The first kappa shape index (κ1) is 16.6. The quantitative estimate of drug-likeness (QED) is 0.647. The predicted molar refractivity (Wildman–Crippen MR) is 89.2 cm³/mol. The Hall–Kier alpha value is -0.470. The van der Waals surface area contributed by atoms with E-state index in [1.807, 2.05) is 11.8 Å². The van der Waals surface area contributed by atoms with Crippen LogP contribution in [-0.4, -0.2) is 18.6 Å². The Morgan fingerprint density at radius 1 is 1.11 bits per heavy atom. The van der Waals surface area contributed by atoms with Gasteiger partial charge in [-0.3, -0.25) is 0 Å². The Bertz CT molecular complexity index is 362. The average molecular weight is 279 g/mol. The first-order chi connectivity index (χ1) is 9.15. The molecule has 0 aliphatic carbocycles. The Morgan fingerprint density at radius 3 is 2.53 bits per heavy atom. The number of hydrogen-bond acceptors (Lipinski definition) is 2. The average Bonchev–Trinajstić information content (AvgIpc) is 2.37. The molecule has 1 aromatic rings. The van der Waals surface area contributed by atoms with Crippen molar-refractivity contribution in [3.05, 3.63) is 34.9 Å². The van der Waals surface area contributed by atoms with Crippen LogP contribution in [0.15, 0.2) is 18.2 Å². The predicted octanol–water partition coefficient (Wildman–Crippen LogP) is 4.88. The number of nitrogens with one attached hydrogen (secondary N) is 1. The molecule has 108 valence electrons. The van der Waals surface area contributed by atoms with Crippen LogP contribution in [0.2, 0.25) is 0 Å². The monoisotopic (exact) mass is 279 g/mol. The lowest BCUT2D eigenvalue weighted by Gasteiger charge is -2.17. The summed E-state index contributed by atoms with van der Waals surface area (Å²) >= 11 is 1.95. The zero-order valence-electron chi connectivity index (χ0n) is 13.0. The summed E-state index contributed by atoms with van der Waals surface area (Å²) < 4.78 is 0. The van der Waals surface area contributed by atoms with E-state index in [0.29, 0.717) is 6.04 Å². The standard InChI is InChI=1S/C17H29NS/c1-14-9-10-17(15(2)13-14)16(3)18-11-7-5-6-8-12-19-4/h9-10,13,16,18H,5-8,11-12H2,1-4H3. The van der Waals surface area contributed by atoms with Crippen molar-refractivity contribution >= 4 is 11.8 Å². The van der Waals surface area contributed by atoms with E-state index in [2.05, 4.69) is 50.5 Å². The molecule has 0 amide bonds. The third-order valence-corrected chi connectivity index (χ3v) is 4.31. The van der Waals surface area contributed by atoms with Gasteiger partial charge in [0.05, 0.1) is 0 Å². The molecule has 1 nitrogen and oxygen atoms in total. The molecule has 1 atom stereocenters. The first-order valence-electron chi connectivity index (χ1n) is 7.44. The molecule has 0 bridgehead atoms. The van der Waals surface area contributed by atoms with Gasteiger partial charge in [0.15, 0.2) is 0 Å². The van der Waals surface area contributed by atoms with Crippen LogP contribution >= 0.6 is 11.8 Å². The van der Waals surface area contributed by atoms with Gasteiger partial charge in [-0.05, 0) is 63.3 Å². The van der Waals surface area contributed by atoms with Gasteiger partial charge < -0.3 is 5.32 Å². The summed E-state index contributed by atoms with van der Waals surface area (Å²) in [6.07, 6.45) is 7.58. The van der Waals surface area contributed by atoms with Crippen LogP contribution in [0.3, 0.4) is 0 Å².